The van der Waals surface area contributed by atoms with Gasteiger partial charge in [0.2, 0.25) is 0 Å². The van der Waals surface area contributed by atoms with Crippen LogP contribution in [0.1, 0.15) is 15.9 Å². The van der Waals surface area contributed by atoms with Crippen LogP contribution in [0.5, 0.6) is 11.5 Å². The van der Waals surface area contributed by atoms with Crippen LogP contribution in [0.4, 0.5) is 4.39 Å². The monoisotopic (exact) mass is 308 g/mol. The molecule has 110 valence electrons. The molecule has 0 radical (unpaired) electrons. The van der Waals surface area contributed by atoms with Gasteiger partial charge in [0.15, 0.2) is 5.78 Å². The molecule has 5 heteroatoms. The molecule has 2 aromatic carbocycles. The van der Waals surface area contributed by atoms with Gasteiger partial charge in [-0.05, 0) is 24.3 Å². The molecule has 0 spiro atoms. The number of rotatable bonds is 5. The van der Waals surface area contributed by atoms with Gasteiger partial charge in [-0.15, -0.1) is 0 Å². The van der Waals surface area contributed by atoms with Gasteiger partial charge < -0.3 is 9.47 Å². The van der Waals surface area contributed by atoms with Crippen molar-refractivity contribution in [1.29, 1.82) is 0 Å². The Morgan fingerprint density at radius 2 is 1.67 bits per heavy atom. The van der Waals surface area contributed by atoms with Gasteiger partial charge in [0.05, 0.1) is 14.2 Å². The summed E-state index contributed by atoms with van der Waals surface area (Å²) in [5, 5.41) is 0.220. The quantitative estimate of drug-likeness (QED) is 0.785. The number of halogens is 2. The first-order valence-electron chi connectivity index (χ1n) is 6.25. The largest absolute Gasteiger partial charge is 0.496 e. The van der Waals surface area contributed by atoms with Crippen LogP contribution >= 0.6 is 11.6 Å². The second-order valence-corrected chi connectivity index (χ2v) is 4.74. The zero-order valence-electron chi connectivity index (χ0n) is 11.7. The first-order valence-corrected chi connectivity index (χ1v) is 6.63. The van der Waals surface area contributed by atoms with Gasteiger partial charge in [-0.2, -0.15) is 0 Å². The number of hydrogen-bond donors (Lipinski definition) is 0. The van der Waals surface area contributed by atoms with Crippen molar-refractivity contribution in [1.82, 2.24) is 0 Å². The van der Waals surface area contributed by atoms with Gasteiger partial charge >= 0.3 is 0 Å². The fourth-order valence-electron chi connectivity index (χ4n) is 2.08. The Hall–Kier alpha value is -2.07. The van der Waals surface area contributed by atoms with Gasteiger partial charge in [0, 0.05) is 17.0 Å². The first-order chi connectivity index (χ1) is 10.1. The van der Waals surface area contributed by atoms with Crippen LogP contribution < -0.4 is 9.47 Å². The first kappa shape index (κ1) is 15.3. The average Bonchev–Trinajstić information content (AvgIpc) is 2.49. The Morgan fingerprint density at radius 1 is 1.10 bits per heavy atom. The smallest absolute Gasteiger partial charge is 0.174 e. The number of ether oxygens (including phenoxy) is 2. The van der Waals surface area contributed by atoms with Crippen molar-refractivity contribution in [2.75, 3.05) is 14.2 Å². The molecule has 2 aromatic rings. The molecule has 0 saturated carbocycles. The van der Waals surface area contributed by atoms with Crippen molar-refractivity contribution in [3.63, 3.8) is 0 Å². The van der Waals surface area contributed by atoms with E-state index < -0.39 is 5.82 Å². The van der Waals surface area contributed by atoms with Gasteiger partial charge in [0.1, 0.15) is 22.9 Å². The van der Waals surface area contributed by atoms with E-state index in [0.29, 0.717) is 11.5 Å². The summed E-state index contributed by atoms with van der Waals surface area (Å²) in [7, 11) is 2.92. The van der Waals surface area contributed by atoms with Crippen molar-refractivity contribution in [3.05, 3.63) is 58.4 Å². The highest BCUT2D eigenvalue weighted by molar-refractivity contribution is 6.31. The summed E-state index contributed by atoms with van der Waals surface area (Å²) in [6.07, 6.45) is -0.164. The van der Waals surface area contributed by atoms with Crippen LogP contribution in [0.15, 0.2) is 36.4 Å². The van der Waals surface area contributed by atoms with E-state index in [9.17, 15) is 9.18 Å². The van der Waals surface area contributed by atoms with Gasteiger partial charge in [-0.1, -0.05) is 23.7 Å². The summed E-state index contributed by atoms with van der Waals surface area (Å²) < 4.78 is 24.2. The molecule has 0 fully saturated rings. The molecule has 0 heterocycles. The SMILES string of the molecule is COc1cccc(OC)c1C(=O)Cc1c(F)cccc1Cl. The molecule has 0 N–H and O–H groups in total. The highest BCUT2D eigenvalue weighted by atomic mass is 35.5. The lowest BCUT2D eigenvalue weighted by Crippen LogP contribution is -2.09. The van der Waals surface area contributed by atoms with Gasteiger partial charge in [0.25, 0.3) is 0 Å². The van der Waals surface area contributed by atoms with E-state index in [1.54, 1.807) is 24.3 Å². The third-order valence-electron chi connectivity index (χ3n) is 3.11. The summed E-state index contributed by atoms with van der Waals surface area (Å²) in [6.45, 7) is 0. The second-order valence-electron chi connectivity index (χ2n) is 4.34. The normalized spacial score (nSPS) is 10.3. The molecule has 0 aliphatic rings. The zero-order valence-corrected chi connectivity index (χ0v) is 12.4. The summed E-state index contributed by atoms with van der Waals surface area (Å²) in [5.74, 6) is -0.0698. The third-order valence-corrected chi connectivity index (χ3v) is 3.46. The molecule has 3 nitrogen and oxygen atoms in total. The van der Waals surface area contributed by atoms with Crippen LogP contribution in [0.3, 0.4) is 0 Å². The van der Waals surface area contributed by atoms with Crippen LogP contribution in [-0.4, -0.2) is 20.0 Å². The highest BCUT2D eigenvalue weighted by Gasteiger charge is 2.20. The van der Waals surface area contributed by atoms with E-state index in [-0.39, 0.29) is 28.4 Å². The minimum absolute atomic E-state index is 0.164. The maximum Gasteiger partial charge on any atom is 0.174 e. The van der Waals surface area contributed by atoms with Crippen LogP contribution in [0.25, 0.3) is 0 Å². The van der Waals surface area contributed by atoms with Crippen molar-refractivity contribution in [2.45, 2.75) is 6.42 Å². The van der Waals surface area contributed by atoms with Crippen LogP contribution in [-0.2, 0) is 6.42 Å². The van der Waals surface area contributed by atoms with Crippen molar-refractivity contribution in [2.24, 2.45) is 0 Å². The Kier molecular flexibility index (Phi) is 4.81. The van der Waals surface area contributed by atoms with E-state index in [1.165, 1.54) is 26.4 Å². The molecule has 0 unspecified atom stereocenters. The molecular weight excluding hydrogens is 295 g/mol. The standard InChI is InChI=1S/C16H14ClFO3/c1-20-14-7-4-8-15(21-2)16(14)13(19)9-10-11(17)5-3-6-12(10)18/h3-8H,9H2,1-2H3. The summed E-state index contributed by atoms with van der Waals surface area (Å²) >= 11 is 5.95. The minimum Gasteiger partial charge on any atom is -0.496 e. The number of methoxy groups -OCH3 is 2. The van der Waals surface area contributed by atoms with E-state index in [4.69, 9.17) is 21.1 Å². The lowest BCUT2D eigenvalue weighted by molar-refractivity contribution is 0.0985. The molecule has 2 rings (SSSR count). The second kappa shape index (κ2) is 6.59. The molecule has 0 atom stereocenters. The molecule has 0 bridgehead atoms. The molecule has 0 amide bonds. The highest BCUT2D eigenvalue weighted by Crippen LogP contribution is 2.30. The lowest BCUT2D eigenvalue weighted by Gasteiger charge is -2.12. The Morgan fingerprint density at radius 3 is 2.19 bits per heavy atom. The van der Waals surface area contributed by atoms with Crippen molar-refractivity contribution in [3.8, 4) is 11.5 Å². The maximum absolute atomic E-state index is 13.8. The number of ketones is 1. The predicted octanol–water partition coefficient (Wildman–Crippen LogP) is 3.92. The maximum atomic E-state index is 13.8. The zero-order chi connectivity index (χ0) is 15.4. The molecular formula is C16H14ClFO3. The number of Topliss-reactive ketones (excluding diaryl/α,β-unsaturated/α-hetero) is 1. The van der Waals surface area contributed by atoms with Crippen molar-refractivity contribution >= 4 is 17.4 Å². The molecule has 0 aliphatic heterocycles. The Balaban J connectivity index is 2.41. The van der Waals surface area contributed by atoms with E-state index >= 15 is 0 Å². The number of carbonyl (C=O) groups is 1. The summed E-state index contributed by atoms with van der Waals surface area (Å²) in [6, 6.07) is 9.33. The third kappa shape index (κ3) is 3.16. The van der Waals surface area contributed by atoms with Crippen LogP contribution in [0.2, 0.25) is 5.02 Å². The molecule has 21 heavy (non-hydrogen) atoms. The number of hydrogen-bond acceptors (Lipinski definition) is 3. The number of carbonyl (C=O) groups excluding carboxylic acids is 1. The lowest BCUT2D eigenvalue weighted by atomic mass is 10.0. The van der Waals surface area contributed by atoms with E-state index in [2.05, 4.69) is 0 Å². The van der Waals surface area contributed by atoms with Gasteiger partial charge in [-0.25, -0.2) is 4.39 Å². The van der Waals surface area contributed by atoms with Crippen LogP contribution in [0, 0.1) is 5.82 Å². The van der Waals surface area contributed by atoms with E-state index in [0.717, 1.165) is 0 Å². The minimum atomic E-state index is -0.510. The Bertz CT molecular complexity index is 628. The number of benzene rings is 2. The molecule has 0 saturated heterocycles. The molecule has 0 aromatic heterocycles. The Labute approximate surface area is 127 Å². The summed E-state index contributed by atoms with van der Waals surface area (Å²) in [4.78, 5) is 12.5. The average molecular weight is 309 g/mol. The fraction of sp³-hybridized carbons (Fsp3) is 0.188. The molecule has 0 aliphatic carbocycles. The fourth-order valence-corrected chi connectivity index (χ4v) is 2.31. The van der Waals surface area contributed by atoms with E-state index in [1.807, 2.05) is 0 Å². The summed E-state index contributed by atoms with van der Waals surface area (Å²) in [5.41, 5.74) is 0.443. The van der Waals surface area contributed by atoms with Gasteiger partial charge in [-0.3, -0.25) is 4.79 Å². The van der Waals surface area contributed by atoms with Crippen molar-refractivity contribution < 1.29 is 18.7 Å². The predicted molar refractivity (Wildman–Crippen MR) is 79.0 cm³/mol. The topological polar surface area (TPSA) is 35.5 Å².